The highest BCUT2D eigenvalue weighted by atomic mass is 35.5. The van der Waals surface area contributed by atoms with E-state index in [1.54, 1.807) is 0 Å². The lowest BCUT2D eigenvalue weighted by Gasteiger charge is -2.10. The first-order chi connectivity index (χ1) is 6.81. The molecule has 2 unspecified atom stereocenters. The first-order valence-electron chi connectivity index (χ1n) is 4.33. The van der Waals surface area contributed by atoms with Crippen LogP contribution in [0.5, 0.6) is 0 Å². The Kier molecular flexibility index (Phi) is 2.47. The summed E-state index contributed by atoms with van der Waals surface area (Å²) < 4.78 is 0. The van der Waals surface area contributed by atoms with Gasteiger partial charge in [-0.2, -0.15) is 15.5 Å². The van der Waals surface area contributed by atoms with Crippen LogP contribution in [0.15, 0.2) is 34.5 Å². The Bertz CT molecular complexity index is 408. The molecular weight excluding hydrogens is 198 g/mol. The van der Waals surface area contributed by atoms with E-state index in [1.165, 1.54) is 0 Å². The Hall–Kier alpha value is -1.40. The third-order valence-electron chi connectivity index (χ3n) is 2.27. The lowest BCUT2D eigenvalue weighted by Crippen LogP contribution is -2.12. The second-order valence-electron chi connectivity index (χ2n) is 3.17. The Morgan fingerprint density at radius 3 is 3.07 bits per heavy atom. The Morgan fingerprint density at radius 1 is 1.50 bits per heavy atom. The topological polar surface area (TPSA) is 48.5 Å². The van der Waals surface area contributed by atoms with Crippen molar-refractivity contribution in [2.45, 2.75) is 12.0 Å². The molecule has 3 nitrogen and oxygen atoms in total. The first kappa shape index (κ1) is 9.17. The van der Waals surface area contributed by atoms with Gasteiger partial charge < -0.3 is 0 Å². The zero-order valence-electron chi connectivity index (χ0n) is 7.39. The smallest absolute Gasteiger partial charge is 0.165 e. The molecule has 70 valence electrons. The molecule has 1 aliphatic heterocycles. The molecule has 2 rings (SSSR count). The summed E-state index contributed by atoms with van der Waals surface area (Å²) in [6.07, 6.45) is 0. The van der Waals surface area contributed by atoms with Crippen molar-refractivity contribution in [2.24, 2.45) is 10.2 Å². The summed E-state index contributed by atoms with van der Waals surface area (Å²) in [4.78, 5) is 0. The van der Waals surface area contributed by atoms with Crippen molar-refractivity contribution >= 4 is 11.6 Å². The van der Waals surface area contributed by atoms with Crippen molar-refractivity contribution in [1.29, 1.82) is 5.26 Å². The largest absolute Gasteiger partial charge is 0.196 e. The number of hydrogen-bond donors (Lipinski definition) is 0. The van der Waals surface area contributed by atoms with Crippen molar-refractivity contribution in [2.75, 3.05) is 6.54 Å². The maximum Gasteiger partial charge on any atom is 0.165 e. The van der Waals surface area contributed by atoms with Gasteiger partial charge in [0.1, 0.15) is 0 Å². The highest BCUT2D eigenvalue weighted by Crippen LogP contribution is 2.28. The van der Waals surface area contributed by atoms with Crippen molar-refractivity contribution in [1.82, 2.24) is 0 Å². The minimum atomic E-state index is -0.353. The fourth-order valence-corrected chi connectivity index (χ4v) is 1.74. The molecule has 0 bridgehead atoms. The second kappa shape index (κ2) is 3.77. The Morgan fingerprint density at radius 2 is 2.36 bits per heavy atom. The fraction of sp³-hybridized carbons (Fsp3) is 0.300. The molecule has 1 heterocycles. The van der Waals surface area contributed by atoms with Crippen molar-refractivity contribution in [3.63, 3.8) is 0 Å². The SMILES string of the molecule is N#CC1N=NCC1c1cccc(Cl)c1. The van der Waals surface area contributed by atoms with Crippen LogP contribution in [0.3, 0.4) is 0 Å². The minimum Gasteiger partial charge on any atom is -0.196 e. The molecule has 0 aliphatic carbocycles. The van der Waals surface area contributed by atoms with E-state index >= 15 is 0 Å². The first-order valence-corrected chi connectivity index (χ1v) is 4.71. The molecular formula is C10H8ClN3. The summed E-state index contributed by atoms with van der Waals surface area (Å²) in [5, 5.41) is 17.3. The molecule has 1 aromatic carbocycles. The zero-order valence-corrected chi connectivity index (χ0v) is 8.15. The van der Waals surface area contributed by atoms with Gasteiger partial charge in [0.05, 0.1) is 12.6 Å². The van der Waals surface area contributed by atoms with Gasteiger partial charge in [-0.15, -0.1) is 0 Å². The lowest BCUT2D eigenvalue weighted by atomic mass is 9.94. The van der Waals surface area contributed by atoms with Crippen molar-refractivity contribution in [3.05, 3.63) is 34.9 Å². The molecule has 0 spiro atoms. The van der Waals surface area contributed by atoms with Gasteiger partial charge >= 0.3 is 0 Å². The van der Waals surface area contributed by atoms with E-state index < -0.39 is 0 Å². The molecule has 0 radical (unpaired) electrons. The summed E-state index contributed by atoms with van der Waals surface area (Å²) in [6, 6.07) is 9.29. The van der Waals surface area contributed by atoms with E-state index in [2.05, 4.69) is 16.3 Å². The van der Waals surface area contributed by atoms with E-state index in [0.29, 0.717) is 11.6 Å². The Balaban J connectivity index is 2.28. The van der Waals surface area contributed by atoms with Crippen LogP contribution >= 0.6 is 11.6 Å². The van der Waals surface area contributed by atoms with Crippen LogP contribution in [0.4, 0.5) is 0 Å². The van der Waals surface area contributed by atoms with Gasteiger partial charge in [0, 0.05) is 10.9 Å². The molecule has 2 atom stereocenters. The molecule has 0 saturated heterocycles. The number of nitrogens with zero attached hydrogens (tertiary/aromatic N) is 3. The molecule has 4 heteroatoms. The molecule has 0 saturated carbocycles. The van der Waals surface area contributed by atoms with Crippen LogP contribution in [0.25, 0.3) is 0 Å². The highest BCUT2D eigenvalue weighted by molar-refractivity contribution is 6.30. The van der Waals surface area contributed by atoms with Crippen molar-refractivity contribution < 1.29 is 0 Å². The van der Waals surface area contributed by atoms with Crippen LogP contribution in [0.2, 0.25) is 5.02 Å². The predicted octanol–water partition coefficient (Wildman–Crippen LogP) is 2.78. The van der Waals surface area contributed by atoms with Crippen LogP contribution in [-0.2, 0) is 0 Å². The number of nitriles is 1. The van der Waals surface area contributed by atoms with Crippen LogP contribution < -0.4 is 0 Å². The average Bonchev–Trinajstić information content (AvgIpc) is 2.65. The molecule has 0 aromatic heterocycles. The third-order valence-corrected chi connectivity index (χ3v) is 2.51. The van der Waals surface area contributed by atoms with Crippen LogP contribution in [-0.4, -0.2) is 12.6 Å². The summed E-state index contributed by atoms with van der Waals surface area (Å²) in [5.41, 5.74) is 1.04. The zero-order chi connectivity index (χ0) is 9.97. The van der Waals surface area contributed by atoms with E-state index in [0.717, 1.165) is 5.56 Å². The van der Waals surface area contributed by atoms with Crippen LogP contribution in [0, 0.1) is 11.3 Å². The number of hydrogen-bond acceptors (Lipinski definition) is 3. The van der Waals surface area contributed by atoms with Gasteiger partial charge in [0.15, 0.2) is 6.04 Å². The number of halogens is 1. The second-order valence-corrected chi connectivity index (χ2v) is 3.61. The van der Waals surface area contributed by atoms with E-state index in [9.17, 15) is 0 Å². The van der Waals surface area contributed by atoms with Gasteiger partial charge in [-0.05, 0) is 17.7 Å². The van der Waals surface area contributed by atoms with Gasteiger partial charge in [0.2, 0.25) is 0 Å². The minimum absolute atomic E-state index is 0.0682. The van der Waals surface area contributed by atoms with Crippen molar-refractivity contribution in [3.8, 4) is 6.07 Å². The van der Waals surface area contributed by atoms with Gasteiger partial charge in [-0.3, -0.25) is 0 Å². The molecule has 1 aromatic rings. The van der Waals surface area contributed by atoms with Gasteiger partial charge in [-0.25, -0.2) is 0 Å². The normalized spacial score (nSPS) is 24.9. The number of rotatable bonds is 1. The molecule has 0 amide bonds. The van der Waals surface area contributed by atoms with E-state index in [1.807, 2.05) is 24.3 Å². The predicted molar refractivity (Wildman–Crippen MR) is 53.3 cm³/mol. The maximum atomic E-state index is 8.83. The van der Waals surface area contributed by atoms with Gasteiger partial charge in [0.25, 0.3) is 0 Å². The number of azo groups is 1. The monoisotopic (exact) mass is 205 g/mol. The maximum absolute atomic E-state index is 8.83. The standard InChI is InChI=1S/C10H8ClN3/c11-8-3-1-2-7(4-8)9-6-13-14-10(9)5-12/h1-4,9-10H,6H2. The summed E-state index contributed by atoms with van der Waals surface area (Å²) >= 11 is 5.87. The van der Waals surface area contributed by atoms with Crippen LogP contribution in [0.1, 0.15) is 11.5 Å². The quantitative estimate of drug-likeness (QED) is 0.696. The fourth-order valence-electron chi connectivity index (χ4n) is 1.54. The Labute approximate surface area is 87.0 Å². The third kappa shape index (κ3) is 1.61. The summed E-state index contributed by atoms with van der Waals surface area (Å²) in [6.45, 7) is 0.582. The van der Waals surface area contributed by atoms with E-state index in [4.69, 9.17) is 16.9 Å². The molecule has 14 heavy (non-hydrogen) atoms. The summed E-state index contributed by atoms with van der Waals surface area (Å²) in [5.74, 6) is 0.0682. The number of benzene rings is 1. The van der Waals surface area contributed by atoms with E-state index in [-0.39, 0.29) is 12.0 Å². The van der Waals surface area contributed by atoms with Gasteiger partial charge in [-0.1, -0.05) is 23.7 Å². The molecule has 0 N–H and O–H groups in total. The highest BCUT2D eigenvalue weighted by Gasteiger charge is 2.27. The average molecular weight is 206 g/mol. The molecule has 0 fully saturated rings. The summed E-state index contributed by atoms with van der Waals surface area (Å²) in [7, 11) is 0. The molecule has 1 aliphatic rings. The lowest BCUT2D eigenvalue weighted by molar-refractivity contribution is 0.710.